The van der Waals surface area contributed by atoms with Crippen LogP contribution in [-0.4, -0.2) is 29.4 Å². The molecule has 0 fully saturated rings. The number of aromatic nitrogens is 1. The van der Waals surface area contributed by atoms with Crippen LogP contribution in [0.15, 0.2) is 0 Å². The molecule has 1 heterocycles. The molecule has 1 aromatic heterocycles. The lowest BCUT2D eigenvalue weighted by Gasteiger charge is -2.21. The average Bonchev–Trinajstić information content (AvgIpc) is 2.84. The standard InChI is InChI=1S/C15H24N2O3S/c1-6-11(7-2)9(4)16-15-17-12(14(19)20-8-3)13(21-15)10(5)18/h9,11H,6-8H2,1-5H3,(H,16,17). The molecule has 1 aromatic rings. The fraction of sp³-hybridized carbons (Fsp3) is 0.667. The van der Waals surface area contributed by atoms with Crippen LogP contribution >= 0.6 is 11.3 Å². The molecule has 0 aromatic carbocycles. The van der Waals surface area contributed by atoms with Gasteiger partial charge in [0.05, 0.1) is 6.61 Å². The second kappa shape index (κ2) is 8.12. The van der Waals surface area contributed by atoms with E-state index >= 15 is 0 Å². The zero-order valence-electron chi connectivity index (χ0n) is 13.4. The van der Waals surface area contributed by atoms with Crippen LogP contribution < -0.4 is 5.32 Å². The highest BCUT2D eigenvalue weighted by Gasteiger charge is 2.23. The quantitative estimate of drug-likeness (QED) is 0.584. The van der Waals surface area contributed by atoms with Crippen molar-refractivity contribution in [3.63, 3.8) is 0 Å². The van der Waals surface area contributed by atoms with E-state index in [2.05, 4.69) is 31.1 Å². The largest absolute Gasteiger partial charge is 0.461 e. The number of anilines is 1. The fourth-order valence-corrected chi connectivity index (χ4v) is 3.21. The Kier molecular flexibility index (Phi) is 6.81. The lowest BCUT2D eigenvalue weighted by molar-refractivity contribution is 0.0517. The molecule has 0 aliphatic heterocycles. The Labute approximate surface area is 130 Å². The van der Waals surface area contributed by atoms with Gasteiger partial charge in [0.25, 0.3) is 0 Å². The van der Waals surface area contributed by atoms with Gasteiger partial charge in [0, 0.05) is 13.0 Å². The molecule has 0 saturated heterocycles. The Morgan fingerprint density at radius 2 is 1.90 bits per heavy atom. The Morgan fingerprint density at radius 3 is 2.38 bits per heavy atom. The van der Waals surface area contributed by atoms with Crippen LogP contribution in [0.1, 0.15) is 67.6 Å². The van der Waals surface area contributed by atoms with Gasteiger partial charge < -0.3 is 10.1 Å². The number of Topliss-reactive ketones (excluding diaryl/α,β-unsaturated/α-hetero) is 1. The van der Waals surface area contributed by atoms with Crippen LogP contribution in [-0.2, 0) is 4.74 Å². The summed E-state index contributed by atoms with van der Waals surface area (Å²) in [6, 6.07) is 0.237. The first-order valence-corrected chi connectivity index (χ1v) is 8.21. The molecule has 0 amide bonds. The number of nitrogens with zero attached hydrogens (tertiary/aromatic N) is 1. The Hall–Kier alpha value is -1.43. The fourth-order valence-electron chi connectivity index (χ4n) is 2.27. The molecule has 5 nitrogen and oxygen atoms in total. The zero-order valence-corrected chi connectivity index (χ0v) is 14.2. The SMILES string of the molecule is CCOC(=O)c1nc(NC(C)C(CC)CC)sc1C(C)=O. The van der Waals surface area contributed by atoms with Crippen molar-refractivity contribution < 1.29 is 14.3 Å². The van der Waals surface area contributed by atoms with Crippen molar-refractivity contribution >= 4 is 28.2 Å². The van der Waals surface area contributed by atoms with Crippen molar-refractivity contribution in [2.45, 2.75) is 53.5 Å². The summed E-state index contributed by atoms with van der Waals surface area (Å²) in [5.74, 6) is -0.179. The molecule has 118 valence electrons. The van der Waals surface area contributed by atoms with E-state index in [1.807, 2.05) is 0 Å². The van der Waals surface area contributed by atoms with Gasteiger partial charge in [-0.05, 0) is 19.8 Å². The van der Waals surface area contributed by atoms with E-state index in [9.17, 15) is 9.59 Å². The van der Waals surface area contributed by atoms with Gasteiger partial charge in [0.15, 0.2) is 16.6 Å². The third kappa shape index (κ3) is 4.52. The van der Waals surface area contributed by atoms with Gasteiger partial charge in [-0.1, -0.05) is 38.0 Å². The van der Waals surface area contributed by atoms with Crippen molar-refractivity contribution in [2.24, 2.45) is 5.92 Å². The second-order valence-corrected chi connectivity index (χ2v) is 5.98. The molecular formula is C15H24N2O3S. The van der Waals surface area contributed by atoms with Crippen LogP contribution in [0.4, 0.5) is 5.13 Å². The molecule has 1 rings (SSSR count). The molecule has 1 unspecified atom stereocenters. The molecule has 1 atom stereocenters. The molecule has 6 heteroatoms. The highest BCUT2D eigenvalue weighted by molar-refractivity contribution is 7.17. The maximum Gasteiger partial charge on any atom is 0.358 e. The summed E-state index contributed by atoms with van der Waals surface area (Å²) in [6.07, 6.45) is 2.14. The molecule has 21 heavy (non-hydrogen) atoms. The minimum Gasteiger partial charge on any atom is -0.461 e. The third-order valence-corrected chi connectivity index (χ3v) is 4.61. The first-order valence-electron chi connectivity index (χ1n) is 7.39. The number of ether oxygens (including phenoxy) is 1. The first-order chi connectivity index (χ1) is 9.94. The van der Waals surface area contributed by atoms with E-state index in [-0.39, 0.29) is 24.1 Å². The monoisotopic (exact) mass is 312 g/mol. The van der Waals surface area contributed by atoms with Gasteiger partial charge in [-0.3, -0.25) is 4.79 Å². The number of ketones is 1. The predicted octanol–water partition coefficient (Wildman–Crippen LogP) is 3.76. The van der Waals surface area contributed by atoms with E-state index in [1.54, 1.807) is 6.92 Å². The van der Waals surface area contributed by atoms with Crippen LogP contribution in [0.5, 0.6) is 0 Å². The van der Waals surface area contributed by atoms with Gasteiger partial charge >= 0.3 is 5.97 Å². The van der Waals surface area contributed by atoms with Crippen molar-refractivity contribution in [3.05, 3.63) is 10.6 Å². The van der Waals surface area contributed by atoms with Crippen LogP contribution in [0.3, 0.4) is 0 Å². The number of hydrogen-bond acceptors (Lipinski definition) is 6. The smallest absolute Gasteiger partial charge is 0.358 e. The second-order valence-electron chi connectivity index (χ2n) is 4.98. The van der Waals surface area contributed by atoms with E-state index in [0.717, 1.165) is 12.8 Å². The van der Waals surface area contributed by atoms with Crippen LogP contribution in [0.25, 0.3) is 0 Å². The summed E-state index contributed by atoms with van der Waals surface area (Å²) in [5.41, 5.74) is 0.119. The normalized spacial score (nSPS) is 12.3. The van der Waals surface area contributed by atoms with Crippen molar-refractivity contribution in [3.8, 4) is 0 Å². The summed E-state index contributed by atoms with van der Waals surface area (Å²) in [5, 5.41) is 3.90. The summed E-state index contributed by atoms with van der Waals surface area (Å²) in [7, 11) is 0. The summed E-state index contributed by atoms with van der Waals surface area (Å²) in [4.78, 5) is 28.1. The molecule has 0 saturated carbocycles. The average molecular weight is 312 g/mol. The molecule has 0 radical (unpaired) electrons. The van der Waals surface area contributed by atoms with Crippen molar-refractivity contribution in [1.82, 2.24) is 4.98 Å². The minimum absolute atomic E-state index is 0.119. The molecule has 0 bridgehead atoms. The topological polar surface area (TPSA) is 68.3 Å². The van der Waals surface area contributed by atoms with E-state index in [0.29, 0.717) is 15.9 Å². The number of carbonyl (C=O) groups excluding carboxylic acids is 2. The number of carbonyl (C=O) groups is 2. The van der Waals surface area contributed by atoms with Crippen LogP contribution in [0, 0.1) is 5.92 Å². The number of thiazole rings is 1. The van der Waals surface area contributed by atoms with Gasteiger partial charge in [-0.15, -0.1) is 0 Å². The lowest BCUT2D eigenvalue weighted by atomic mass is 9.96. The molecular weight excluding hydrogens is 288 g/mol. The van der Waals surface area contributed by atoms with Crippen LogP contribution in [0.2, 0.25) is 0 Å². The zero-order chi connectivity index (χ0) is 16.0. The number of nitrogens with one attached hydrogen (secondary N) is 1. The van der Waals surface area contributed by atoms with E-state index in [1.165, 1.54) is 18.3 Å². The predicted molar refractivity (Wildman–Crippen MR) is 85.2 cm³/mol. The highest BCUT2D eigenvalue weighted by atomic mass is 32.1. The first kappa shape index (κ1) is 17.6. The number of hydrogen-bond donors (Lipinski definition) is 1. The summed E-state index contributed by atoms with van der Waals surface area (Å²) < 4.78 is 4.95. The number of rotatable bonds is 8. The Morgan fingerprint density at radius 1 is 1.29 bits per heavy atom. The number of esters is 1. The molecule has 0 aliphatic carbocycles. The molecule has 0 aliphatic rings. The molecule has 1 N–H and O–H groups in total. The lowest BCUT2D eigenvalue weighted by Crippen LogP contribution is -2.24. The summed E-state index contributed by atoms with van der Waals surface area (Å²) in [6.45, 7) is 9.83. The van der Waals surface area contributed by atoms with Gasteiger partial charge in [-0.2, -0.15) is 0 Å². The maximum absolute atomic E-state index is 11.9. The van der Waals surface area contributed by atoms with E-state index < -0.39 is 5.97 Å². The van der Waals surface area contributed by atoms with E-state index in [4.69, 9.17) is 4.74 Å². The summed E-state index contributed by atoms with van der Waals surface area (Å²) >= 11 is 1.22. The Balaban J connectivity index is 2.97. The molecule has 0 spiro atoms. The van der Waals surface area contributed by atoms with Gasteiger partial charge in [0.2, 0.25) is 0 Å². The minimum atomic E-state index is -0.540. The third-order valence-electron chi connectivity index (χ3n) is 3.52. The van der Waals surface area contributed by atoms with Gasteiger partial charge in [-0.25, -0.2) is 9.78 Å². The Bertz CT molecular complexity index is 495. The maximum atomic E-state index is 11.9. The van der Waals surface area contributed by atoms with Gasteiger partial charge in [0.1, 0.15) is 4.88 Å². The van der Waals surface area contributed by atoms with Crippen molar-refractivity contribution in [1.29, 1.82) is 0 Å². The highest BCUT2D eigenvalue weighted by Crippen LogP contribution is 2.26. The van der Waals surface area contributed by atoms with Crippen molar-refractivity contribution in [2.75, 3.05) is 11.9 Å².